The Morgan fingerprint density at radius 2 is 2.11 bits per heavy atom. The van der Waals surface area contributed by atoms with Crippen LogP contribution in [0.5, 0.6) is 0 Å². The van der Waals surface area contributed by atoms with Crippen molar-refractivity contribution in [2.24, 2.45) is 0 Å². The second-order valence-corrected chi connectivity index (χ2v) is 5.34. The van der Waals surface area contributed by atoms with Crippen LogP contribution in [-0.4, -0.2) is 44.9 Å². The quantitative estimate of drug-likeness (QED) is 0.855. The minimum atomic E-state index is -0.194. The summed E-state index contributed by atoms with van der Waals surface area (Å²) in [5.41, 5.74) is 1.70. The first-order valence-corrected chi connectivity index (χ1v) is 7.07. The third-order valence-corrected chi connectivity index (χ3v) is 3.86. The Bertz CT molecular complexity index is 522. The van der Waals surface area contributed by atoms with E-state index >= 15 is 0 Å². The maximum atomic E-state index is 11.4. The molecule has 0 unspecified atom stereocenters. The highest BCUT2D eigenvalue weighted by Gasteiger charge is 2.29. The van der Waals surface area contributed by atoms with Gasteiger partial charge >= 0.3 is 0 Å². The minimum Gasteiger partial charge on any atom is -0.368 e. The number of rotatable bonds is 4. The van der Waals surface area contributed by atoms with Gasteiger partial charge in [0.2, 0.25) is 11.2 Å². The van der Waals surface area contributed by atoms with Crippen molar-refractivity contribution in [3.05, 3.63) is 16.5 Å². The van der Waals surface area contributed by atoms with Crippen LogP contribution in [0.4, 0.5) is 10.6 Å². The Hall–Kier alpha value is -1.34. The summed E-state index contributed by atoms with van der Waals surface area (Å²) >= 11 is 6.82. The average molecular weight is 301 g/mol. The first-order valence-electron chi connectivity index (χ1n) is 5.71. The van der Waals surface area contributed by atoms with E-state index in [1.807, 2.05) is 13.8 Å². The predicted octanol–water partition coefficient (Wildman–Crippen LogP) is 1.85. The van der Waals surface area contributed by atoms with E-state index in [0.29, 0.717) is 18.9 Å². The van der Waals surface area contributed by atoms with Gasteiger partial charge in [-0.25, -0.2) is 9.97 Å². The lowest BCUT2D eigenvalue weighted by molar-refractivity contribution is -0.124. The molecule has 0 spiro atoms. The van der Waals surface area contributed by atoms with Crippen molar-refractivity contribution in [2.45, 2.75) is 13.8 Å². The molecular formula is C11H13ClN4O2S. The molecule has 1 aliphatic rings. The van der Waals surface area contributed by atoms with Crippen LogP contribution in [-0.2, 0) is 4.79 Å². The fourth-order valence-corrected chi connectivity index (χ4v) is 2.61. The van der Waals surface area contributed by atoms with Crippen LogP contribution in [0.15, 0.2) is 0 Å². The number of imide groups is 1. The Kier molecular flexibility index (Phi) is 4.26. The zero-order chi connectivity index (χ0) is 14.0. The number of aryl methyl sites for hydroxylation is 1. The van der Waals surface area contributed by atoms with Gasteiger partial charge in [0, 0.05) is 24.3 Å². The molecule has 0 atom stereocenters. The Morgan fingerprint density at radius 3 is 2.74 bits per heavy atom. The van der Waals surface area contributed by atoms with Crippen LogP contribution in [0.2, 0.25) is 5.28 Å². The standard InChI is InChI=1S/C11H13ClN4O2S/c1-6-7(2)14-10(12)15-9(6)13-3-4-16-8(17)5-19-11(16)18/h3-5H2,1-2H3,(H,13,14,15). The molecule has 2 amide bonds. The second-order valence-electron chi connectivity index (χ2n) is 4.08. The molecular weight excluding hydrogens is 288 g/mol. The number of aromatic nitrogens is 2. The van der Waals surface area contributed by atoms with Gasteiger partial charge in [0.25, 0.3) is 5.24 Å². The highest BCUT2D eigenvalue weighted by Crippen LogP contribution is 2.19. The molecule has 102 valence electrons. The SMILES string of the molecule is Cc1nc(Cl)nc(NCCN2C(=O)CSC2=O)c1C. The molecule has 0 radical (unpaired) electrons. The molecule has 1 aromatic heterocycles. The van der Waals surface area contributed by atoms with E-state index in [-0.39, 0.29) is 22.2 Å². The number of hydrogen-bond donors (Lipinski definition) is 1. The van der Waals surface area contributed by atoms with E-state index in [2.05, 4.69) is 15.3 Å². The lowest BCUT2D eigenvalue weighted by Gasteiger charge is -2.15. The van der Waals surface area contributed by atoms with Crippen molar-refractivity contribution in [3.8, 4) is 0 Å². The molecule has 19 heavy (non-hydrogen) atoms. The number of carbonyl (C=O) groups excluding carboxylic acids is 2. The third kappa shape index (κ3) is 3.16. The maximum absolute atomic E-state index is 11.4. The summed E-state index contributed by atoms with van der Waals surface area (Å²) < 4.78 is 0. The van der Waals surface area contributed by atoms with Gasteiger partial charge in [0.15, 0.2) is 0 Å². The highest BCUT2D eigenvalue weighted by molar-refractivity contribution is 8.14. The van der Waals surface area contributed by atoms with Gasteiger partial charge in [-0.3, -0.25) is 14.5 Å². The van der Waals surface area contributed by atoms with Gasteiger partial charge in [-0.15, -0.1) is 0 Å². The van der Waals surface area contributed by atoms with Crippen LogP contribution in [0.3, 0.4) is 0 Å². The lowest BCUT2D eigenvalue weighted by Crippen LogP contribution is -2.33. The summed E-state index contributed by atoms with van der Waals surface area (Å²) in [5, 5.41) is 3.05. The molecule has 0 saturated carbocycles. The van der Waals surface area contributed by atoms with Crippen LogP contribution < -0.4 is 5.32 Å². The number of anilines is 1. The summed E-state index contributed by atoms with van der Waals surface area (Å²) in [6, 6.07) is 0. The van der Waals surface area contributed by atoms with Crippen molar-refractivity contribution in [1.29, 1.82) is 0 Å². The van der Waals surface area contributed by atoms with Crippen LogP contribution in [0.1, 0.15) is 11.3 Å². The highest BCUT2D eigenvalue weighted by atomic mass is 35.5. The first kappa shape index (κ1) is 14.1. The van der Waals surface area contributed by atoms with Crippen LogP contribution in [0.25, 0.3) is 0 Å². The number of carbonyl (C=O) groups is 2. The fraction of sp³-hybridized carbons (Fsp3) is 0.455. The smallest absolute Gasteiger partial charge is 0.288 e. The Balaban J connectivity index is 1.96. The van der Waals surface area contributed by atoms with Gasteiger partial charge in [0.05, 0.1) is 5.75 Å². The number of nitrogens with one attached hydrogen (secondary N) is 1. The topological polar surface area (TPSA) is 75.2 Å². The van der Waals surface area contributed by atoms with Gasteiger partial charge in [-0.05, 0) is 25.4 Å². The maximum Gasteiger partial charge on any atom is 0.288 e. The zero-order valence-electron chi connectivity index (χ0n) is 10.6. The summed E-state index contributed by atoms with van der Waals surface area (Å²) in [6.45, 7) is 4.49. The van der Waals surface area contributed by atoms with E-state index in [4.69, 9.17) is 11.6 Å². The van der Waals surface area contributed by atoms with Crippen molar-refractivity contribution in [1.82, 2.24) is 14.9 Å². The molecule has 0 aliphatic carbocycles. The number of hydrogen-bond acceptors (Lipinski definition) is 6. The number of halogens is 1. The zero-order valence-corrected chi connectivity index (χ0v) is 12.1. The van der Waals surface area contributed by atoms with E-state index in [9.17, 15) is 9.59 Å². The van der Waals surface area contributed by atoms with E-state index < -0.39 is 0 Å². The average Bonchev–Trinajstić information content (AvgIpc) is 2.66. The van der Waals surface area contributed by atoms with Crippen LogP contribution in [0, 0.1) is 13.8 Å². The van der Waals surface area contributed by atoms with Crippen molar-refractivity contribution < 1.29 is 9.59 Å². The number of amides is 2. The molecule has 8 heteroatoms. The molecule has 2 rings (SSSR count). The molecule has 0 aromatic carbocycles. The molecule has 1 fully saturated rings. The fourth-order valence-electron chi connectivity index (χ4n) is 1.65. The normalized spacial score (nSPS) is 15.2. The van der Waals surface area contributed by atoms with Crippen molar-refractivity contribution >= 4 is 40.3 Å². The lowest BCUT2D eigenvalue weighted by atomic mass is 10.2. The van der Waals surface area contributed by atoms with Crippen LogP contribution >= 0.6 is 23.4 Å². The van der Waals surface area contributed by atoms with E-state index in [1.54, 1.807) is 0 Å². The summed E-state index contributed by atoms with van der Waals surface area (Å²) in [6.07, 6.45) is 0. The largest absolute Gasteiger partial charge is 0.368 e. The summed E-state index contributed by atoms with van der Waals surface area (Å²) in [5.74, 6) is 0.714. The number of nitrogens with zero attached hydrogens (tertiary/aromatic N) is 3. The molecule has 6 nitrogen and oxygen atoms in total. The van der Waals surface area contributed by atoms with Crippen molar-refractivity contribution in [2.75, 3.05) is 24.2 Å². The Labute approximate surface area is 119 Å². The van der Waals surface area contributed by atoms with Gasteiger partial charge in [0.1, 0.15) is 5.82 Å². The second kappa shape index (κ2) is 5.75. The van der Waals surface area contributed by atoms with Gasteiger partial charge < -0.3 is 5.32 Å². The van der Waals surface area contributed by atoms with Gasteiger partial charge in [-0.1, -0.05) is 11.8 Å². The molecule has 2 heterocycles. The van der Waals surface area contributed by atoms with E-state index in [1.165, 1.54) is 4.90 Å². The van der Waals surface area contributed by atoms with E-state index in [0.717, 1.165) is 23.0 Å². The third-order valence-electron chi connectivity index (χ3n) is 2.83. The predicted molar refractivity (Wildman–Crippen MR) is 74.6 cm³/mol. The summed E-state index contributed by atoms with van der Waals surface area (Å²) in [4.78, 5) is 32.2. The molecule has 1 aromatic rings. The Morgan fingerprint density at radius 1 is 1.37 bits per heavy atom. The van der Waals surface area contributed by atoms with Crippen molar-refractivity contribution in [3.63, 3.8) is 0 Å². The minimum absolute atomic E-state index is 0.148. The number of thioether (sulfide) groups is 1. The van der Waals surface area contributed by atoms with Gasteiger partial charge in [-0.2, -0.15) is 0 Å². The molecule has 0 bridgehead atoms. The first-order chi connectivity index (χ1) is 8.99. The monoisotopic (exact) mass is 300 g/mol. The molecule has 1 N–H and O–H groups in total. The molecule has 1 saturated heterocycles. The summed E-state index contributed by atoms with van der Waals surface area (Å²) in [7, 11) is 0. The molecule has 1 aliphatic heterocycles.